The van der Waals surface area contributed by atoms with E-state index in [1.54, 1.807) is 23.8 Å². The molecule has 1 fully saturated rings. The zero-order valence-corrected chi connectivity index (χ0v) is 25.2. The number of rotatable bonds is 8. The number of hydrogen-bond acceptors (Lipinski definition) is 12. The van der Waals surface area contributed by atoms with E-state index in [0.29, 0.717) is 24.2 Å². The van der Waals surface area contributed by atoms with Gasteiger partial charge in [0.25, 0.3) is 0 Å². The van der Waals surface area contributed by atoms with Crippen molar-refractivity contribution in [2.45, 2.75) is 77.6 Å². The van der Waals surface area contributed by atoms with Gasteiger partial charge in [-0.25, -0.2) is 0 Å². The van der Waals surface area contributed by atoms with Crippen LogP contribution in [-0.4, -0.2) is 66.6 Å². The Morgan fingerprint density at radius 3 is 2.09 bits per heavy atom. The Kier molecular flexibility index (Phi) is 9.83. The summed E-state index contributed by atoms with van der Waals surface area (Å²) in [6, 6.07) is 9.52. The third kappa shape index (κ3) is 6.71. The van der Waals surface area contributed by atoms with Gasteiger partial charge >= 0.3 is 23.9 Å². The molecule has 1 aromatic carbocycles. The average molecular weight is 613 g/mol. The van der Waals surface area contributed by atoms with Crippen LogP contribution in [-0.2, 0) is 55.7 Å². The van der Waals surface area contributed by atoms with Gasteiger partial charge in [0.1, 0.15) is 29.2 Å². The van der Waals surface area contributed by atoms with Gasteiger partial charge in [0.15, 0.2) is 24.5 Å². The maximum Gasteiger partial charge on any atom is 0.303 e. The molecule has 1 aliphatic heterocycles. The summed E-state index contributed by atoms with van der Waals surface area (Å²) < 4.78 is 35.4. The predicted molar refractivity (Wildman–Crippen MR) is 151 cm³/mol. The second-order valence-electron chi connectivity index (χ2n) is 10.1. The summed E-state index contributed by atoms with van der Waals surface area (Å²) in [5.41, 5.74) is 3.27. The fraction of sp³-hybridized carbons (Fsp3) is 0.467. The number of carbonyl (C=O) groups excluding carboxylic acids is 4. The standard InChI is InChI=1S/C30H32N2O10S/c1-15(33)38-14-24-26(39-16(2)34)27(40-17(3)35)28(41-18(4)36)29(42-24)32-23-8-6-7-21(23)25(22(13-31)30(32)43)19-9-11-20(37-5)12-10-19/h9-12,24,26-29H,6-8,14H2,1-5H3/t24-,26+,27+,28-,29-/m1/s1. The molecule has 2 heterocycles. The molecule has 5 atom stereocenters. The van der Waals surface area contributed by atoms with E-state index in [0.717, 1.165) is 37.1 Å². The van der Waals surface area contributed by atoms with Crippen LogP contribution in [0.3, 0.4) is 0 Å². The molecule has 2 aliphatic rings. The van der Waals surface area contributed by atoms with E-state index in [4.69, 9.17) is 40.6 Å². The highest BCUT2D eigenvalue weighted by atomic mass is 32.1. The summed E-state index contributed by atoms with van der Waals surface area (Å²) in [7, 11) is 1.56. The van der Waals surface area contributed by atoms with Crippen LogP contribution in [0.5, 0.6) is 5.75 Å². The maximum absolute atomic E-state index is 12.4. The van der Waals surface area contributed by atoms with Gasteiger partial charge in [0.05, 0.1) is 12.7 Å². The van der Waals surface area contributed by atoms with Gasteiger partial charge in [-0.15, -0.1) is 0 Å². The number of methoxy groups -OCH3 is 1. The van der Waals surface area contributed by atoms with Gasteiger partial charge in [-0.3, -0.25) is 19.2 Å². The van der Waals surface area contributed by atoms with Crippen molar-refractivity contribution in [2.75, 3.05) is 13.7 Å². The molecule has 0 spiro atoms. The monoisotopic (exact) mass is 612 g/mol. The molecule has 4 rings (SSSR count). The molecular weight excluding hydrogens is 580 g/mol. The van der Waals surface area contributed by atoms with Gasteiger partial charge in [0.2, 0.25) is 0 Å². The highest BCUT2D eigenvalue weighted by Crippen LogP contribution is 2.42. The largest absolute Gasteiger partial charge is 0.497 e. The third-order valence-electron chi connectivity index (χ3n) is 7.18. The number of fused-ring (bicyclic) bond motifs is 1. The quantitative estimate of drug-likeness (QED) is 0.244. The number of benzene rings is 1. The van der Waals surface area contributed by atoms with Crippen molar-refractivity contribution in [3.8, 4) is 22.9 Å². The molecule has 2 aromatic rings. The topological polar surface area (TPSA) is 152 Å². The first-order valence-corrected chi connectivity index (χ1v) is 14.0. The van der Waals surface area contributed by atoms with E-state index >= 15 is 0 Å². The predicted octanol–water partition coefficient (Wildman–Crippen LogP) is 3.51. The molecular formula is C30H32N2O10S. The maximum atomic E-state index is 12.4. The first-order valence-electron chi connectivity index (χ1n) is 13.6. The summed E-state index contributed by atoms with van der Waals surface area (Å²) in [5, 5.41) is 10.4. The lowest BCUT2D eigenvalue weighted by Gasteiger charge is -2.45. The van der Waals surface area contributed by atoms with Crippen molar-refractivity contribution in [1.29, 1.82) is 5.26 Å². The van der Waals surface area contributed by atoms with E-state index < -0.39 is 54.5 Å². The zero-order valence-electron chi connectivity index (χ0n) is 24.4. The number of nitriles is 1. The summed E-state index contributed by atoms with van der Waals surface area (Å²) in [5.74, 6) is -2.17. The lowest BCUT2D eigenvalue weighted by Crippen LogP contribution is -2.60. The molecule has 0 N–H and O–H groups in total. The first kappa shape index (κ1) is 31.7. The van der Waals surface area contributed by atoms with E-state index in [9.17, 15) is 24.4 Å². The number of hydrogen-bond donors (Lipinski definition) is 0. The van der Waals surface area contributed by atoms with Gasteiger partial charge in [-0.05, 0) is 42.5 Å². The lowest BCUT2D eigenvalue weighted by molar-refractivity contribution is -0.269. The Labute approximate surface area is 253 Å². The van der Waals surface area contributed by atoms with Crippen LogP contribution in [0.25, 0.3) is 11.1 Å². The molecule has 228 valence electrons. The molecule has 12 nitrogen and oxygen atoms in total. The molecule has 0 unspecified atom stereocenters. The van der Waals surface area contributed by atoms with Crippen molar-refractivity contribution >= 4 is 36.1 Å². The second-order valence-corrected chi connectivity index (χ2v) is 10.5. The van der Waals surface area contributed by atoms with Crippen LogP contribution >= 0.6 is 12.2 Å². The number of ether oxygens (including phenoxy) is 6. The van der Waals surface area contributed by atoms with E-state index in [1.807, 2.05) is 12.1 Å². The highest BCUT2D eigenvalue weighted by Gasteiger charge is 2.53. The number of esters is 4. The molecule has 0 radical (unpaired) electrons. The van der Waals surface area contributed by atoms with Crippen LogP contribution in [0.4, 0.5) is 0 Å². The van der Waals surface area contributed by atoms with Crippen LogP contribution < -0.4 is 4.74 Å². The summed E-state index contributed by atoms with van der Waals surface area (Å²) in [6.45, 7) is 4.30. The van der Waals surface area contributed by atoms with E-state index in [1.165, 1.54) is 13.8 Å². The smallest absolute Gasteiger partial charge is 0.303 e. The van der Waals surface area contributed by atoms with Crippen LogP contribution in [0.1, 0.15) is 57.2 Å². The third-order valence-corrected chi connectivity index (χ3v) is 7.58. The molecule has 1 saturated heterocycles. The van der Waals surface area contributed by atoms with Crippen LogP contribution in [0.2, 0.25) is 0 Å². The number of aromatic nitrogens is 1. The van der Waals surface area contributed by atoms with Crippen LogP contribution in [0.15, 0.2) is 24.3 Å². The number of nitrogens with zero attached hydrogens (tertiary/aromatic N) is 2. The van der Waals surface area contributed by atoms with Gasteiger partial charge in [-0.2, -0.15) is 5.26 Å². The Morgan fingerprint density at radius 2 is 1.53 bits per heavy atom. The zero-order chi connectivity index (χ0) is 31.4. The molecule has 43 heavy (non-hydrogen) atoms. The summed E-state index contributed by atoms with van der Waals surface area (Å²) in [6.07, 6.45) is -4.49. The number of carbonyl (C=O) groups is 4. The lowest BCUT2D eigenvalue weighted by atomic mass is 9.93. The minimum absolute atomic E-state index is 0.106. The van der Waals surface area contributed by atoms with Crippen molar-refractivity contribution in [3.63, 3.8) is 0 Å². The second kappa shape index (κ2) is 13.4. The first-order chi connectivity index (χ1) is 20.5. The van der Waals surface area contributed by atoms with Crippen molar-refractivity contribution in [3.05, 3.63) is 45.7 Å². The number of pyridine rings is 1. The summed E-state index contributed by atoms with van der Waals surface area (Å²) >= 11 is 5.90. The molecule has 1 aliphatic carbocycles. The summed E-state index contributed by atoms with van der Waals surface area (Å²) in [4.78, 5) is 48.5. The van der Waals surface area contributed by atoms with Gasteiger partial charge in [0, 0.05) is 39.0 Å². The van der Waals surface area contributed by atoms with Gasteiger partial charge in [-0.1, -0.05) is 24.4 Å². The van der Waals surface area contributed by atoms with Crippen molar-refractivity contribution < 1.29 is 47.6 Å². The van der Waals surface area contributed by atoms with Gasteiger partial charge < -0.3 is 33.0 Å². The molecule has 0 saturated carbocycles. The minimum Gasteiger partial charge on any atom is -0.497 e. The Morgan fingerprint density at radius 1 is 0.930 bits per heavy atom. The van der Waals surface area contributed by atoms with Crippen molar-refractivity contribution in [1.82, 2.24) is 4.57 Å². The molecule has 13 heteroatoms. The Balaban J connectivity index is 1.96. The Bertz CT molecular complexity index is 1530. The molecule has 0 bridgehead atoms. The SMILES string of the molecule is COc1ccc(-c2c3c(n([C@@H]4O[C@H](COC(C)=O)[C@H](OC(C)=O)[C@H](OC(C)=O)[C@H]4OC(C)=O)c(=S)c2C#N)CCC3)cc1. The fourth-order valence-corrected chi connectivity index (χ4v) is 5.99. The Hall–Kier alpha value is -4.28. The molecule has 0 amide bonds. The highest BCUT2D eigenvalue weighted by molar-refractivity contribution is 7.71. The normalized spacial score (nSPS) is 22.5. The minimum atomic E-state index is -1.37. The van der Waals surface area contributed by atoms with Crippen molar-refractivity contribution in [2.24, 2.45) is 0 Å². The average Bonchev–Trinajstić information content (AvgIpc) is 3.42. The van der Waals surface area contributed by atoms with Crippen LogP contribution in [0, 0.1) is 16.0 Å². The fourth-order valence-electron chi connectivity index (χ4n) is 5.63. The van der Waals surface area contributed by atoms with E-state index in [-0.39, 0.29) is 16.8 Å². The van der Waals surface area contributed by atoms with E-state index in [2.05, 4.69) is 6.07 Å². The molecule has 1 aromatic heterocycles.